The normalized spacial score (nSPS) is 29.6. The van der Waals surface area contributed by atoms with E-state index < -0.39 is 17.5 Å². The van der Waals surface area contributed by atoms with Crippen molar-refractivity contribution in [2.45, 2.75) is 56.8 Å². The fourth-order valence-electron chi connectivity index (χ4n) is 3.74. The molecule has 0 saturated carbocycles. The molecule has 0 amide bonds. The number of nitrogens with one attached hydrogen (secondary N) is 1. The lowest BCUT2D eigenvalue weighted by molar-refractivity contribution is 0.0482. The zero-order valence-corrected chi connectivity index (χ0v) is 12.2. The number of benzene rings is 1. The standard InChI is InChI=1S/C16H21F3N2/c1-21-12-3-2-4-13(21)7-11(6-12)20-9-10-5-15(18)16(19)8-14(10)17/h5,8,11-13,20H,2-4,6-7,9H2,1H3. The highest BCUT2D eigenvalue weighted by molar-refractivity contribution is 5.20. The molecular weight excluding hydrogens is 277 g/mol. The van der Waals surface area contributed by atoms with E-state index in [1.165, 1.54) is 19.3 Å². The molecule has 2 atom stereocenters. The van der Waals surface area contributed by atoms with Gasteiger partial charge in [-0.1, -0.05) is 6.42 Å². The summed E-state index contributed by atoms with van der Waals surface area (Å²) in [6, 6.07) is 3.07. The lowest BCUT2D eigenvalue weighted by Crippen LogP contribution is -2.54. The fourth-order valence-corrected chi connectivity index (χ4v) is 3.74. The predicted octanol–water partition coefficient (Wildman–Crippen LogP) is 3.21. The Bertz CT molecular complexity index is 506. The largest absolute Gasteiger partial charge is 0.310 e. The summed E-state index contributed by atoms with van der Waals surface area (Å²) in [5, 5.41) is 3.32. The zero-order chi connectivity index (χ0) is 15.0. The Morgan fingerprint density at radius 2 is 1.67 bits per heavy atom. The molecule has 1 N–H and O–H groups in total. The van der Waals surface area contributed by atoms with Crippen LogP contribution in [0.5, 0.6) is 0 Å². The summed E-state index contributed by atoms with van der Waals surface area (Å²) in [5.74, 6) is -2.81. The summed E-state index contributed by atoms with van der Waals surface area (Å²) in [6.07, 6.45) is 5.79. The first-order valence-corrected chi connectivity index (χ1v) is 7.63. The molecule has 2 unspecified atom stereocenters. The molecule has 116 valence electrons. The van der Waals surface area contributed by atoms with E-state index in [-0.39, 0.29) is 12.1 Å². The summed E-state index contributed by atoms with van der Waals surface area (Å²) in [6.45, 7) is 0.247. The van der Waals surface area contributed by atoms with E-state index in [0.717, 1.165) is 18.9 Å². The van der Waals surface area contributed by atoms with Crippen LogP contribution in [0, 0.1) is 17.5 Å². The van der Waals surface area contributed by atoms with Crippen LogP contribution < -0.4 is 5.32 Å². The van der Waals surface area contributed by atoms with Crippen molar-refractivity contribution in [2.24, 2.45) is 0 Å². The van der Waals surface area contributed by atoms with E-state index in [4.69, 9.17) is 0 Å². The molecular formula is C16H21F3N2. The third-order valence-electron chi connectivity index (χ3n) is 5.01. The number of hydrogen-bond donors (Lipinski definition) is 1. The van der Waals surface area contributed by atoms with Crippen LogP contribution in [-0.2, 0) is 6.54 Å². The number of rotatable bonds is 3. The van der Waals surface area contributed by atoms with E-state index in [1.54, 1.807) is 0 Å². The first kappa shape index (κ1) is 14.9. The first-order chi connectivity index (χ1) is 10.0. The zero-order valence-electron chi connectivity index (χ0n) is 12.2. The molecule has 2 bridgehead atoms. The van der Waals surface area contributed by atoms with E-state index in [1.807, 2.05) is 0 Å². The molecule has 0 aromatic heterocycles. The Kier molecular flexibility index (Phi) is 4.22. The molecule has 3 rings (SSSR count). The van der Waals surface area contributed by atoms with Crippen LogP contribution in [0.3, 0.4) is 0 Å². The summed E-state index contributed by atoms with van der Waals surface area (Å²) in [5.41, 5.74) is 0.193. The molecule has 21 heavy (non-hydrogen) atoms. The summed E-state index contributed by atoms with van der Waals surface area (Å²) in [7, 11) is 2.18. The van der Waals surface area contributed by atoms with Crippen LogP contribution in [0.15, 0.2) is 12.1 Å². The molecule has 2 heterocycles. The van der Waals surface area contributed by atoms with E-state index >= 15 is 0 Å². The second kappa shape index (κ2) is 5.97. The van der Waals surface area contributed by atoms with Gasteiger partial charge >= 0.3 is 0 Å². The van der Waals surface area contributed by atoms with Gasteiger partial charge in [0.15, 0.2) is 11.6 Å². The molecule has 2 aliphatic rings. The van der Waals surface area contributed by atoms with Gasteiger partial charge in [0.05, 0.1) is 0 Å². The van der Waals surface area contributed by atoms with Gasteiger partial charge in [-0.25, -0.2) is 13.2 Å². The Balaban J connectivity index is 1.62. The average molecular weight is 298 g/mol. The van der Waals surface area contributed by atoms with Crippen molar-refractivity contribution in [2.75, 3.05) is 7.05 Å². The Labute approximate surface area is 123 Å². The molecule has 0 spiro atoms. The molecule has 2 saturated heterocycles. The van der Waals surface area contributed by atoms with Gasteiger partial charge in [-0.2, -0.15) is 0 Å². The van der Waals surface area contributed by atoms with Gasteiger partial charge < -0.3 is 10.2 Å². The van der Waals surface area contributed by atoms with Gasteiger partial charge in [-0.3, -0.25) is 0 Å². The Morgan fingerprint density at radius 1 is 1.05 bits per heavy atom. The van der Waals surface area contributed by atoms with Crippen molar-refractivity contribution in [1.29, 1.82) is 0 Å². The van der Waals surface area contributed by atoms with Crippen LogP contribution in [-0.4, -0.2) is 30.1 Å². The second-order valence-corrected chi connectivity index (χ2v) is 6.31. The number of nitrogens with zero attached hydrogens (tertiary/aromatic N) is 1. The molecule has 0 aliphatic carbocycles. The quantitative estimate of drug-likeness (QED) is 0.862. The third kappa shape index (κ3) is 3.09. The topological polar surface area (TPSA) is 15.3 Å². The van der Waals surface area contributed by atoms with Crippen molar-refractivity contribution in [3.8, 4) is 0 Å². The van der Waals surface area contributed by atoms with Crippen LogP contribution >= 0.6 is 0 Å². The minimum Gasteiger partial charge on any atom is -0.310 e. The van der Waals surface area contributed by atoms with E-state index in [0.29, 0.717) is 24.2 Å². The van der Waals surface area contributed by atoms with Crippen LogP contribution in [0.25, 0.3) is 0 Å². The van der Waals surface area contributed by atoms with Gasteiger partial charge in [0, 0.05) is 36.3 Å². The van der Waals surface area contributed by atoms with Crippen molar-refractivity contribution in [1.82, 2.24) is 10.2 Å². The summed E-state index contributed by atoms with van der Waals surface area (Å²) < 4.78 is 39.7. The molecule has 2 fully saturated rings. The molecule has 1 aromatic rings. The highest BCUT2D eigenvalue weighted by atomic mass is 19.2. The van der Waals surface area contributed by atoms with Crippen molar-refractivity contribution in [3.63, 3.8) is 0 Å². The first-order valence-electron chi connectivity index (χ1n) is 7.63. The minimum absolute atomic E-state index is 0.193. The molecule has 2 aliphatic heterocycles. The van der Waals surface area contributed by atoms with Gasteiger partial charge in [0.2, 0.25) is 0 Å². The van der Waals surface area contributed by atoms with Crippen LogP contribution in [0.4, 0.5) is 13.2 Å². The predicted molar refractivity (Wildman–Crippen MR) is 75.4 cm³/mol. The maximum absolute atomic E-state index is 13.6. The third-order valence-corrected chi connectivity index (χ3v) is 5.01. The molecule has 0 radical (unpaired) electrons. The van der Waals surface area contributed by atoms with E-state index in [2.05, 4.69) is 17.3 Å². The monoisotopic (exact) mass is 298 g/mol. The van der Waals surface area contributed by atoms with Gasteiger partial charge in [0.1, 0.15) is 5.82 Å². The smallest absolute Gasteiger partial charge is 0.161 e. The Hall–Kier alpha value is -1.07. The van der Waals surface area contributed by atoms with Gasteiger partial charge in [-0.15, -0.1) is 0 Å². The minimum atomic E-state index is -1.13. The van der Waals surface area contributed by atoms with Crippen molar-refractivity contribution >= 4 is 0 Å². The molecule has 2 nitrogen and oxygen atoms in total. The number of piperidine rings is 2. The van der Waals surface area contributed by atoms with Crippen LogP contribution in [0.2, 0.25) is 0 Å². The Morgan fingerprint density at radius 3 is 2.33 bits per heavy atom. The molecule has 1 aromatic carbocycles. The van der Waals surface area contributed by atoms with Crippen molar-refractivity contribution < 1.29 is 13.2 Å². The second-order valence-electron chi connectivity index (χ2n) is 6.31. The number of halogens is 3. The van der Waals surface area contributed by atoms with E-state index in [9.17, 15) is 13.2 Å². The maximum atomic E-state index is 13.6. The van der Waals surface area contributed by atoms with Crippen molar-refractivity contribution in [3.05, 3.63) is 35.1 Å². The lowest BCUT2D eigenvalue weighted by Gasteiger charge is -2.47. The number of fused-ring (bicyclic) bond motifs is 2. The summed E-state index contributed by atoms with van der Waals surface area (Å²) in [4.78, 5) is 2.46. The highest BCUT2D eigenvalue weighted by Crippen LogP contribution is 2.32. The average Bonchev–Trinajstić information content (AvgIpc) is 2.42. The number of hydrogen-bond acceptors (Lipinski definition) is 2. The fraction of sp³-hybridized carbons (Fsp3) is 0.625. The van der Waals surface area contributed by atoms with Crippen LogP contribution in [0.1, 0.15) is 37.7 Å². The maximum Gasteiger partial charge on any atom is 0.161 e. The van der Waals surface area contributed by atoms with Gasteiger partial charge in [0.25, 0.3) is 0 Å². The highest BCUT2D eigenvalue weighted by Gasteiger charge is 2.35. The SMILES string of the molecule is CN1C2CCCC1CC(NCc1cc(F)c(F)cc1F)C2. The van der Waals surface area contributed by atoms with Gasteiger partial charge in [-0.05, 0) is 38.8 Å². The lowest BCUT2D eigenvalue weighted by atomic mass is 9.82. The molecule has 5 heteroatoms. The summed E-state index contributed by atoms with van der Waals surface area (Å²) >= 11 is 0.